The molecular weight excluding hydrogens is 268 g/mol. The van der Waals surface area contributed by atoms with Gasteiger partial charge in [0.05, 0.1) is 12.1 Å². The summed E-state index contributed by atoms with van der Waals surface area (Å²) in [5.41, 5.74) is 1.25. The average Bonchev–Trinajstić information content (AvgIpc) is 2.85. The summed E-state index contributed by atoms with van der Waals surface area (Å²) < 4.78 is 5.39. The number of ether oxygens (including phenoxy) is 1. The van der Waals surface area contributed by atoms with E-state index in [1.54, 1.807) is 18.4 Å². The smallest absolute Gasteiger partial charge is 0.122 e. The van der Waals surface area contributed by atoms with Crippen LogP contribution < -0.4 is 10.1 Å². The molecule has 0 spiro atoms. The molecule has 0 aliphatic rings. The van der Waals surface area contributed by atoms with E-state index in [4.69, 9.17) is 4.74 Å². The van der Waals surface area contributed by atoms with Crippen molar-refractivity contribution >= 4 is 11.3 Å². The summed E-state index contributed by atoms with van der Waals surface area (Å²) in [6.07, 6.45) is 3.91. The lowest BCUT2D eigenvalue weighted by Crippen LogP contribution is -2.30. The molecule has 3 nitrogen and oxygen atoms in total. The maximum absolute atomic E-state index is 5.39. The van der Waals surface area contributed by atoms with Gasteiger partial charge in [-0.25, -0.2) is 4.98 Å². The molecule has 1 heterocycles. The van der Waals surface area contributed by atoms with Crippen LogP contribution in [0.25, 0.3) is 0 Å². The van der Waals surface area contributed by atoms with E-state index in [0.29, 0.717) is 6.04 Å². The second-order valence-electron chi connectivity index (χ2n) is 4.99. The molecule has 0 fully saturated rings. The molecule has 2 rings (SSSR count). The molecule has 1 atom stereocenters. The van der Waals surface area contributed by atoms with Gasteiger partial charge in [0.25, 0.3) is 0 Å². The van der Waals surface area contributed by atoms with Crippen LogP contribution in [0.3, 0.4) is 0 Å². The fourth-order valence-electron chi connectivity index (χ4n) is 2.22. The molecule has 108 valence electrons. The van der Waals surface area contributed by atoms with E-state index in [1.807, 2.05) is 18.3 Å². The molecule has 0 aliphatic carbocycles. The summed E-state index contributed by atoms with van der Waals surface area (Å²) in [4.78, 5) is 5.66. The van der Waals surface area contributed by atoms with Crippen molar-refractivity contribution in [3.05, 3.63) is 45.9 Å². The number of rotatable bonds is 7. The Labute approximate surface area is 125 Å². The fraction of sp³-hybridized carbons (Fsp3) is 0.438. The van der Waals surface area contributed by atoms with Gasteiger partial charge >= 0.3 is 0 Å². The molecule has 0 saturated heterocycles. The second kappa shape index (κ2) is 7.41. The number of hydrogen-bond donors (Lipinski definition) is 1. The molecule has 0 saturated carbocycles. The third-order valence-corrected chi connectivity index (χ3v) is 4.19. The van der Waals surface area contributed by atoms with Crippen molar-refractivity contribution in [2.45, 2.75) is 32.7 Å². The largest absolute Gasteiger partial charge is 0.496 e. The first-order valence-corrected chi connectivity index (χ1v) is 7.77. The van der Waals surface area contributed by atoms with Gasteiger partial charge in [0, 0.05) is 30.1 Å². The Bertz CT molecular complexity index is 539. The minimum Gasteiger partial charge on any atom is -0.496 e. The van der Waals surface area contributed by atoms with E-state index >= 15 is 0 Å². The standard InChI is InChI=1S/C16H22N2OS/c1-12(10-14-6-4-5-7-15(14)19-3)17-9-8-16-18-11-13(2)20-16/h4-7,11-12,17H,8-10H2,1-3H3/t12-/m1/s1. The number of nitrogens with zero attached hydrogens (tertiary/aromatic N) is 1. The van der Waals surface area contributed by atoms with Gasteiger partial charge in [-0.2, -0.15) is 0 Å². The van der Waals surface area contributed by atoms with Gasteiger partial charge in [-0.15, -0.1) is 11.3 Å². The molecule has 4 heteroatoms. The first kappa shape index (κ1) is 15.0. The maximum atomic E-state index is 5.39. The number of para-hydroxylation sites is 1. The minimum absolute atomic E-state index is 0.423. The van der Waals surface area contributed by atoms with Crippen molar-refractivity contribution in [1.82, 2.24) is 10.3 Å². The van der Waals surface area contributed by atoms with Gasteiger partial charge in [0.1, 0.15) is 5.75 Å². The van der Waals surface area contributed by atoms with Crippen LogP contribution in [0.1, 0.15) is 22.4 Å². The van der Waals surface area contributed by atoms with Crippen LogP contribution in [0.2, 0.25) is 0 Å². The highest BCUT2D eigenvalue weighted by Gasteiger charge is 2.07. The second-order valence-corrected chi connectivity index (χ2v) is 6.31. The molecule has 1 aromatic carbocycles. The number of benzene rings is 1. The van der Waals surface area contributed by atoms with Crippen molar-refractivity contribution in [3.8, 4) is 5.75 Å². The Morgan fingerprint density at radius 3 is 2.85 bits per heavy atom. The highest BCUT2D eigenvalue weighted by atomic mass is 32.1. The van der Waals surface area contributed by atoms with E-state index in [0.717, 1.165) is 25.1 Å². The van der Waals surface area contributed by atoms with Crippen LogP contribution in [-0.4, -0.2) is 24.7 Å². The van der Waals surface area contributed by atoms with Crippen molar-refractivity contribution in [3.63, 3.8) is 0 Å². The molecule has 0 aliphatic heterocycles. The zero-order valence-corrected chi connectivity index (χ0v) is 13.2. The van der Waals surface area contributed by atoms with Gasteiger partial charge < -0.3 is 10.1 Å². The topological polar surface area (TPSA) is 34.1 Å². The molecule has 0 radical (unpaired) electrons. The summed E-state index contributed by atoms with van der Waals surface area (Å²) >= 11 is 1.78. The quantitative estimate of drug-likeness (QED) is 0.850. The Balaban J connectivity index is 1.79. The van der Waals surface area contributed by atoms with Crippen LogP contribution in [0, 0.1) is 6.92 Å². The summed E-state index contributed by atoms with van der Waals surface area (Å²) in [5.74, 6) is 0.969. The highest BCUT2D eigenvalue weighted by Crippen LogP contribution is 2.18. The maximum Gasteiger partial charge on any atom is 0.122 e. The third-order valence-electron chi connectivity index (χ3n) is 3.22. The third kappa shape index (κ3) is 4.32. The van der Waals surface area contributed by atoms with Gasteiger partial charge in [-0.05, 0) is 31.9 Å². The first-order chi connectivity index (χ1) is 9.69. The number of methoxy groups -OCH3 is 1. The molecule has 0 unspecified atom stereocenters. The summed E-state index contributed by atoms with van der Waals surface area (Å²) in [5, 5.41) is 4.76. The van der Waals surface area contributed by atoms with Crippen molar-refractivity contribution in [2.75, 3.05) is 13.7 Å². The van der Waals surface area contributed by atoms with Gasteiger partial charge in [-0.1, -0.05) is 18.2 Å². The molecule has 1 N–H and O–H groups in total. The number of thiazole rings is 1. The van der Waals surface area contributed by atoms with Crippen LogP contribution in [0.4, 0.5) is 0 Å². The molecule has 1 aromatic heterocycles. The predicted molar refractivity (Wildman–Crippen MR) is 84.7 cm³/mol. The minimum atomic E-state index is 0.423. The summed E-state index contributed by atoms with van der Waals surface area (Å²) in [6, 6.07) is 8.63. The number of aromatic nitrogens is 1. The Hall–Kier alpha value is -1.39. The first-order valence-electron chi connectivity index (χ1n) is 6.95. The van der Waals surface area contributed by atoms with Crippen LogP contribution in [-0.2, 0) is 12.8 Å². The lowest BCUT2D eigenvalue weighted by atomic mass is 10.1. The van der Waals surface area contributed by atoms with Gasteiger partial charge in [-0.3, -0.25) is 0 Å². The van der Waals surface area contributed by atoms with E-state index in [-0.39, 0.29) is 0 Å². The number of aryl methyl sites for hydroxylation is 1. The predicted octanol–water partition coefficient (Wildman–Crippen LogP) is 3.22. The summed E-state index contributed by atoms with van der Waals surface area (Å²) in [6.45, 7) is 5.27. The molecule has 0 bridgehead atoms. The monoisotopic (exact) mass is 290 g/mol. The van der Waals surface area contributed by atoms with Crippen molar-refractivity contribution < 1.29 is 4.74 Å². The van der Waals surface area contributed by atoms with Crippen molar-refractivity contribution in [1.29, 1.82) is 0 Å². The van der Waals surface area contributed by atoms with Gasteiger partial charge in [0.15, 0.2) is 0 Å². The van der Waals surface area contributed by atoms with Gasteiger partial charge in [0.2, 0.25) is 0 Å². The van der Waals surface area contributed by atoms with E-state index in [1.165, 1.54) is 15.4 Å². The lowest BCUT2D eigenvalue weighted by Gasteiger charge is -2.15. The number of nitrogens with one attached hydrogen (secondary N) is 1. The Morgan fingerprint density at radius 2 is 2.15 bits per heavy atom. The van der Waals surface area contributed by atoms with E-state index in [2.05, 4.69) is 36.3 Å². The van der Waals surface area contributed by atoms with Crippen molar-refractivity contribution in [2.24, 2.45) is 0 Å². The fourth-order valence-corrected chi connectivity index (χ4v) is 3.00. The Kier molecular flexibility index (Phi) is 5.56. The molecular formula is C16H22N2OS. The average molecular weight is 290 g/mol. The van der Waals surface area contributed by atoms with Crippen LogP contribution >= 0.6 is 11.3 Å². The zero-order valence-electron chi connectivity index (χ0n) is 12.3. The van der Waals surface area contributed by atoms with Crippen LogP contribution in [0.15, 0.2) is 30.5 Å². The molecule has 2 aromatic rings. The van der Waals surface area contributed by atoms with Crippen LogP contribution in [0.5, 0.6) is 5.75 Å². The summed E-state index contributed by atoms with van der Waals surface area (Å²) in [7, 11) is 1.72. The zero-order chi connectivity index (χ0) is 14.4. The Morgan fingerprint density at radius 1 is 1.35 bits per heavy atom. The molecule has 20 heavy (non-hydrogen) atoms. The molecule has 0 amide bonds. The van der Waals surface area contributed by atoms with E-state index < -0.39 is 0 Å². The highest BCUT2D eigenvalue weighted by molar-refractivity contribution is 7.11. The normalized spacial score (nSPS) is 12.3. The van der Waals surface area contributed by atoms with E-state index in [9.17, 15) is 0 Å². The lowest BCUT2D eigenvalue weighted by molar-refractivity contribution is 0.406. The SMILES string of the molecule is COc1ccccc1C[C@@H](C)NCCc1ncc(C)s1. The number of hydrogen-bond acceptors (Lipinski definition) is 4.